The lowest BCUT2D eigenvalue weighted by Gasteiger charge is -2.34. The fourth-order valence-electron chi connectivity index (χ4n) is 4.61. The van der Waals surface area contributed by atoms with Gasteiger partial charge < -0.3 is 4.90 Å². The van der Waals surface area contributed by atoms with Crippen LogP contribution in [-0.2, 0) is 14.8 Å². The molecule has 0 spiro atoms. The Balaban J connectivity index is 1.43. The van der Waals surface area contributed by atoms with E-state index in [2.05, 4.69) is 11.4 Å². The Kier molecular flexibility index (Phi) is 5.82. The summed E-state index contributed by atoms with van der Waals surface area (Å²) in [5.41, 5.74) is 1.83. The van der Waals surface area contributed by atoms with Crippen LogP contribution in [0.25, 0.3) is 0 Å². The van der Waals surface area contributed by atoms with Crippen molar-refractivity contribution in [2.45, 2.75) is 50.5 Å². The lowest BCUT2D eigenvalue weighted by atomic mass is 9.96. The third-order valence-corrected chi connectivity index (χ3v) is 9.19. The molecule has 2 fully saturated rings. The highest BCUT2D eigenvalue weighted by atomic mass is 32.2. The van der Waals surface area contributed by atoms with Gasteiger partial charge in [-0.05, 0) is 62.6 Å². The smallest absolute Gasteiger partial charge is 0.243 e. The number of hydrogen-bond acceptors (Lipinski definition) is 4. The lowest BCUT2D eigenvalue weighted by molar-refractivity contribution is -0.137. The van der Waals surface area contributed by atoms with E-state index in [9.17, 15) is 13.2 Å². The molecule has 1 amide bonds. The van der Waals surface area contributed by atoms with Gasteiger partial charge in [0.05, 0.1) is 10.9 Å². The number of piperidine rings is 1. The van der Waals surface area contributed by atoms with Crippen LogP contribution < -0.4 is 0 Å². The van der Waals surface area contributed by atoms with Gasteiger partial charge in [-0.2, -0.15) is 4.31 Å². The van der Waals surface area contributed by atoms with E-state index in [1.54, 1.807) is 21.7 Å². The predicted octanol–water partition coefficient (Wildman–Crippen LogP) is 4.13. The van der Waals surface area contributed by atoms with Crippen molar-refractivity contribution >= 4 is 27.3 Å². The van der Waals surface area contributed by atoms with E-state index in [1.807, 2.05) is 36.9 Å². The SMILES string of the molecule is Cc1ccc(S(=O)(=O)N2CCC(C(=O)N3CCCC3c3cccs3)CC2)c(C)c1. The summed E-state index contributed by atoms with van der Waals surface area (Å²) in [5.74, 6) is 0.116. The molecule has 7 heteroatoms. The van der Waals surface area contributed by atoms with Gasteiger partial charge in [-0.1, -0.05) is 23.8 Å². The first-order valence-electron chi connectivity index (χ1n) is 10.3. The predicted molar refractivity (Wildman–Crippen MR) is 115 cm³/mol. The highest BCUT2D eigenvalue weighted by Crippen LogP contribution is 2.37. The van der Waals surface area contributed by atoms with Crippen molar-refractivity contribution in [2.75, 3.05) is 19.6 Å². The van der Waals surface area contributed by atoms with Crippen molar-refractivity contribution in [1.29, 1.82) is 0 Å². The minimum Gasteiger partial charge on any atom is -0.335 e. The Morgan fingerprint density at radius 2 is 1.83 bits per heavy atom. The summed E-state index contributed by atoms with van der Waals surface area (Å²) in [6.07, 6.45) is 3.24. The number of carbonyl (C=O) groups excluding carboxylic acids is 1. The van der Waals surface area contributed by atoms with E-state index in [0.717, 1.165) is 30.5 Å². The van der Waals surface area contributed by atoms with Crippen molar-refractivity contribution in [2.24, 2.45) is 5.92 Å². The molecule has 0 bridgehead atoms. The number of hydrogen-bond donors (Lipinski definition) is 0. The highest BCUT2D eigenvalue weighted by molar-refractivity contribution is 7.89. The second-order valence-electron chi connectivity index (χ2n) is 8.15. The molecule has 1 aromatic heterocycles. The molecule has 4 rings (SSSR count). The molecular formula is C22H28N2O3S2. The summed E-state index contributed by atoms with van der Waals surface area (Å²) in [5, 5.41) is 2.06. The first kappa shape index (κ1) is 20.6. The van der Waals surface area contributed by atoms with Crippen molar-refractivity contribution in [3.05, 3.63) is 51.7 Å². The summed E-state index contributed by atoms with van der Waals surface area (Å²) < 4.78 is 27.7. The molecule has 1 unspecified atom stereocenters. The third-order valence-electron chi connectivity index (χ3n) is 6.16. The Bertz CT molecular complexity index is 977. The molecule has 156 valence electrons. The van der Waals surface area contributed by atoms with E-state index >= 15 is 0 Å². The standard InChI is InChI=1S/C22H28N2O3S2/c1-16-7-8-21(17(2)15-16)29(26,27)23-12-9-18(10-13-23)22(25)24-11-3-5-19(24)20-6-4-14-28-20/h4,6-8,14-15,18-19H,3,5,9-13H2,1-2H3. The van der Waals surface area contributed by atoms with Crippen LogP contribution in [-0.4, -0.2) is 43.2 Å². The molecule has 0 aliphatic carbocycles. The maximum Gasteiger partial charge on any atom is 0.243 e. The summed E-state index contributed by atoms with van der Waals surface area (Å²) in [6.45, 7) is 5.42. The van der Waals surface area contributed by atoms with Crippen LogP contribution in [0.5, 0.6) is 0 Å². The van der Waals surface area contributed by atoms with Gasteiger partial charge >= 0.3 is 0 Å². The van der Waals surface area contributed by atoms with Crippen LogP contribution in [0.4, 0.5) is 0 Å². The molecule has 1 atom stereocenters. The van der Waals surface area contributed by atoms with E-state index in [0.29, 0.717) is 30.8 Å². The van der Waals surface area contributed by atoms with Gasteiger partial charge in [0.15, 0.2) is 0 Å². The Morgan fingerprint density at radius 3 is 2.48 bits per heavy atom. The van der Waals surface area contributed by atoms with E-state index in [1.165, 1.54) is 4.88 Å². The minimum atomic E-state index is -3.51. The molecule has 2 saturated heterocycles. The van der Waals surface area contributed by atoms with Gasteiger partial charge in [0, 0.05) is 30.4 Å². The molecule has 2 aromatic rings. The van der Waals surface area contributed by atoms with Crippen LogP contribution in [0.1, 0.15) is 47.7 Å². The Labute approximate surface area is 177 Å². The zero-order valence-corrected chi connectivity index (χ0v) is 18.6. The van der Waals surface area contributed by atoms with Crippen LogP contribution in [0, 0.1) is 19.8 Å². The van der Waals surface area contributed by atoms with Crippen molar-refractivity contribution in [1.82, 2.24) is 9.21 Å². The molecule has 2 aliphatic rings. The molecule has 1 aromatic carbocycles. The van der Waals surface area contributed by atoms with Crippen molar-refractivity contribution in [3.63, 3.8) is 0 Å². The Hall–Kier alpha value is -1.70. The average Bonchev–Trinajstić information content (AvgIpc) is 3.38. The monoisotopic (exact) mass is 432 g/mol. The molecular weight excluding hydrogens is 404 g/mol. The van der Waals surface area contributed by atoms with Crippen molar-refractivity contribution < 1.29 is 13.2 Å². The molecule has 2 aliphatic heterocycles. The van der Waals surface area contributed by atoms with Crippen molar-refractivity contribution in [3.8, 4) is 0 Å². The first-order chi connectivity index (χ1) is 13.9. The molecule has 5 nitrogen and oxygen atoms in total. The zero-order valence-electron chi connectivity index (χ0n) is 17.0. The van der Waals surface area contributed by atoms with E-state index < -0.39 is 10.0 Å². The number of rotatable bonds is 4. The maximum atomic E-state index is 13.2. The van der Waals surface area contributed by atoms with Gasteiger partial charge in [0.2, 0.25) is 15.9 Å². The summed E-state index contributed by atoms with van der Waals surface area (Å²) in [7, 11) is -3.51. The first-order valence-corrected chi connectivity index (χ1v) is 12.6. The van der Waals surface area contributed by atoms with Crippen LogP contribution in [0.2, 0.25) is 0 Å². The minimum absolute atomic E-state index is 0.0823. The molecule has 3 heterocycles. The molecule has 29 heavy (non-hydrogen) atoms. The second-order valence-corrected chi connectivity index (χ2v) is 11.0. The quantitative estimate of drug-likeness (QED) is 0.730. The van der Waals surface area contributed by atoms with Gasteiger partial charge in [0.25, 0.3) is 0 Å². The van der Waals surface area contributed by atoms with Gasteiger partial charge in [-0.15, -0.1) is 11.3 Å². The van der Waals surface area contributed by atoms with Gasteiger partial charge in [-0.25, -0.2) is 8.42 Å². The van der Waals surface area contributed by atoms with Crippen LogP contribution in [0.3, 0.4) is 0 Å². The molecule has 0 N–H and O–H groups in total. The summed E-state index contributed by atoms with van der Waals surface area (Å²) >= 11 is 1.71. The number of likely N-dealkylation sites (tertiary alicyclic amines) is 1. The van der Waals surface area contributed by atoms with Gasteiger partial charge in [-0.3, -0.25) is 4.79 Å². The van der Waals surface area contributed by atoms with E-state index in [4.69, 9.17) is 0 Å². The number of carbonyl (C=O) groups is 1. The normalized spacial score (nSPS) is 21.6. The number of sulfonamides is 1. The van der Waals surface area contributed by atoms with Crippen LogP contribution in [0.15, 0.2) is 40.6 Å². The highest BCUT2D eigenvalue weighted by Gasteiger charge is 2.38. The maximum absolute atomic E-state index is 13.2. The Morgan fingerprint density at radius 1 is 1.07 bits per heavy atom. The number of nitrogens with zero attached hydrogens (tertiary/aromatic N) is 2. The van der Waals surface area contributed by atoms with Crippen LogP contribution >= 0.6 is 11.3 Å². The molecule has 0 saturated carbocycles. The summed E-state index contributed by atoms with van der Waals surface area (Å²) in [6, 6.07) is 9.79. The fraction of sp³-hybridized carbons (Fsp3) is 0.500. The van der Waals surface area contributed by atoms with Gasteiger partial charge in [0.1, 0.15) is 0 Å². The number of aryl methyl sites for hydroxylation is 2. The number of amides is 1. The average molecular weight is 433 g/mol. The number of benzene rings is 1. The third kappa shape index (κ3) is 4.00. The lowest BCUT2D eigenvalue weighted by Crippen LogP contribution is -2.44. The fourth-order valence-corrected chi connectivity index (χ4v) is 7.16. The largest absolute Gasteiger partial charge is 0.335 e. The molecule has 0 radical (unpaired) electrons. The number of thiophene rings is 1. The zero-order chi connectivity index (χ0) is 20.6. The van der Waals surface area contributed by atoms with E-state index in [-0.39, 0.29) is 17.9 Å². The summed E-state index contributed by atoms with van der Waals surface area (Å²) in [4.78, 5) is 16.9. The second kappa shape index (κ2) is 8.20. The topological polar surface area (TPSA) is 57.7 Å².